The summed E-state index contributed by atoms with van der Waals surface area (Å²) in [6, 6.07) is 5.14. The number of nitrogens with zero attached hydrogens (tertiary/aromatic N) is 5. The van der Waals surface area contributed by atoms with Crippen LogP contribution in [0.2, 0.25) is 0 Å². The van der Waals surface area contributed by atoms with Gasteiger partial charge in [0.25, 0.3) is 0 Å². The van der Waals surface area contributed by atoms with Crippen LogP contribution in [0.3, 0.4) is 0 Å². The summed E-state index contributed by atoms with van der Waals surface area (Å²) in [5.41, 5.74) is -0.0101. The molecule has 14 heteroatoms. The number of aromatic hydroxyl groups is 1. The number of rotatable bonds is 7. The minimum atomic E-state index is -4.40. The van der Waals surface area contributed by atoms with E-state index in [9.17, 15) is 22.7 Å². The van der Waals surface area contributed by atoms with Gasteiger partial charge in [0.05, 0.1) is 41.4 Å². The molecule has 51 heavy (non-hydrogen) atoms. The van der Waals surface area contributed by atoms with E-state index in [1.54, 1.807) is 0 Å². The molecular formula is C37H36F5N5O4. The molecule has 3 atom stereocenters. The van der Waals surface area contributed by atoms with Crippen LogP contribution >= 0.6 is 0 Å². The molecule has 2 aromatic carbocycles. The third-order valence-electron chi connectivity index (χ3n) is 10.8. The second-order valence-electron chi connectivity index (χ2n) is 13.9. The third-order valence-corrected chi connectivity index (χ3v) is 10.8. The maximum Gasteiger partial charge on any atom is 0.411 e. The number of phenolic OH excluding ortho intramolecular Hbond substituents is 1. The van der Waals surface area contributed by atoms with E-state index in [-0.39, 0.29) is 64.8 Å². The fourth-order valence-corrected chi connectivity index (χ4v) is 8.54. The predicted octanol–water partition coefficient (Wildman–Crippen LogP) is 6.31. The molecule has 3 fully saturated rings. The maximum absolute atomic E-state index is 17.1. The van der Waals surface area contributed by atoms with Crippen molar-refractivity contribution in [1.29, 1.82) is 0 Å². The SMILES string of the molecule is C#Cc1c(F)ccc2cc(O)cc(-c3nc4c5c(nc(OC[C@@]67CCCN6[C@H](COCC(F)(F)F)CC7)nc5c3F)N3CCCOCC3CC4)c12. The van der Waals surface area contributed by atoms with Crippen molar-refractivity contribution in [2.75, 3.05) is 51.0 Å². The number of hydrogen-bond donors (Lipinski definition) is 1. The highest BCUT2D eigenvalue weighted by Gasteiger charge is 2.50. The Bertz CT molecular complexity index is 2050. The highest BCUT2D eigenvalue weighted by Crippen LogP contribution is 2.45. The molecule has 3 saturated heterocycles. The number of phenols is 1. The molecule has 0 aliphatic carbocycles. The first-order chi connectivity index (χ1) is 24.5. The Balaban J connectivity index is 1.22. The van der Waals surface area contributed by atoms with Crippen LogP contribution in [0.15, 0.2) is 24.3 Å². The Morgan fingerprint density at radius 1 is 1.06 bits per heavy atom. The molecule has 4 aromatic rings. The molecule has 268 valence electrons. The minimum absolute atomic E-state index is 0.0263. The van der Waals surface area contributed by atoms with Crippen LogP contribution < -0.4 is 9.64 Å². The number of ether oxygens (including phenoxy) is 3. The van der Waals surface area contributed by atoms with Crippen molar-refractivity contribution in [3.63, 3.8) is 0 Å². The second-order valence-corrected chi connectivity index (χ2v) is 13.9. The van der Waals surface area contributed by atoms with Crippen molar-refractivity contribution in [3.05, 3.63) is 47.2 Å². The zero-order valence-corrected chi connectivity index (χ0v) is 27.7. The summed E-state index contributed by atoms with van der Waals surface area (Å²) in [4.78, 5) is 18.6. The lowest BCUT2D eigenvalue weighted by Gasteiger charge is -2.34. The van der Waals surface area contributed by atoms with Gasteiger partial charge in [-0.25, -0.2) is 13.8 Å². The summed E-state index contributed by atoms with van der Waals surface area (Å²) >= 11 is 0. The summed E-state index contributed by atoms with van der Waals surface area (Å²) in [5, 5.41) is 11.8. The van der Waals surface area contributed by atoms with Crippen molar-refractivity contribution in [2.45, 2.75) is 68.7 Å². The van der Waals surface area contributed by atoms with Crippen molar-refractivity contribution < 1.29 is 41.3 Å². The first-order valence-electron chi connectivity index (χ1n) is 17.3. The van der Waals surface area contributed by atoms with Crippen molar-refractivity contribution in [2.24, 2.45) is 0 Å². The average molecular weight is 710 g/mol. The van der Waals surface area contributed by atoms with Gasteiger partial charge < -0.3 is 24.2 Å². The molecule has 0 radical (unpaired) electrons. The van der Waals surface area contributed by atoms with Gasteiger partial charge in [-0.05, 0) is 75.1 Å². The fraction of sp³-hybridized carbons (Fsp3) is 0.486. The molecule has 8 rings (SSSR count). The van der Waals surface area contributed by atoms with Gasteiger partial charge in [-0.2, -0.15) is 23.1 Å². The molecule has 0 amide bonds. The second kappa shape index (κ2) is 13.0. The van der Waals surface area contributed by atoms with Gasteiger partial charge >= 0.3 is 12.2 Å². The largest absolute Gasteiger partial charge is 0.508 e. The molecule has 0 spiro atoms. The predicted molar refractivity (Wildman–Crippen MR) is 179 cm³/mol. The molecule has 9 nitrogen and oxygen atoms in total. The monoisotopic (exact) mass is 709 g/mol. The van der Waals surface area contributed by atoms with Crippen LogP contribution in [-0.2, 0) is 15.9 Å². The molecule has 1 unspecified atom stereocenters. The van der Waals surface area contributed by atoms with E-state index in [1.165, 1.54) is 24.3 Å². The molecule has 1 N–H and O–H groups in total. The lowest BCUT2D eigenvalue weighted by Crippen LogP contribution is -2.48. The van der Waals surface area contributed by atoms with E-state index in [0.717, 1.165) is 19.3 Å². The zero-order chi connectivity index (χ0) is 35.5. The number of fused-ring (bicyclic) bond motifs is 4. The topological polar surface area (TPSA) is 93.1 Å². The highest BCUT2D eigenvalue weighted by atomic mass is 19.4. The number of aryl methyl sites for hydroxylation is 1. The number of hydrogen-bond acceptors (Lipinski definition) is 9. The number of anilines is 1. The number of alkyl halides is 3. The molecule has 2 aromatic heterocycles. The van der Waals surface area contributed by atoms with Crippen LogP contribution in [0.4, 0.5) is 27.8 Å². The Morgan fingerprint density at radius 2 is 1.92 bits per heavy atom. The van der Waals surface area contributed by atoms with Gasteiger partial charge in [-0.3, -0.25) is 4.90 Å². The van der Waals surface area contributed by atoms with E-state index in [4.69, 9.17) is 30.6 Å². The van der Waals surface area contributed by atoms with Gasteiger partial charge in [0.15, 0.2) is 5.82 Å². The number of terminal acetylenes is 1. The van der Waals surface area contributed by atoms with Crippen LogP contribution in [0.5, 0.6) is 11.8 Å². The normalized spacial score (nSPS) is 23.6. The van der Waals surface area contributed by atoms with E-state index in [2.05, 4.69) is 20.7 Å². The van der Waals surface area contributed by atoms with Gasteiger partial charge in [-0.15, -0.1) is 6.42 Å². The number of pyridine rings is 1. The van der Waals surface area contributed by atoms with Crippen LogP contribution in [0, 0.1) is 24.0 Å². The summed E-state index contributed by atoms with van der Waals surface area (Å²) < 4.78 is 87.7. The summed E-state index contributed by atoms with van der Waals surface area (Å²) in [7, 11) is 0. The Hall–Kier alpha value is -4.32. The molecule has 0 saturated carbocycles. The first-order valence-corrected chi connectivity index (χ1v) is 17.3. The molecular weight excluding hydrogens is 673 g/mol. The standard InChI is InChI=1S/C37H36F5N5O4/c1-2-25-27(38)7-5-21-15-24(48)16-26(29(21)25)32-31(39)33-30-28(43-32)8-6-22-17-49-14-4-12-46(22)34(30)45-35(44-33)51-19-36-10-3-13-47(36)23(9-11-36)18-50-20-37(40,41)42/h1,5,7,15-16,22-23,48H,3-4,6,8-14,17-20H2/t22?,23-,36-/m0/s1. The van der Waals surface area contributed by atoms with E-state index in [1.807, 2.05) is 0 Å². The molecule has 4 aliphatic heterocycles. The van der Waals surface area contributed by atoms with Crippen molar-refractivity contribution in [3.8, 4) is 35.4 Å². The fourth-order valence-electron chi connectivity index (χ4n) is 8.54. The quantitative estimate of drug-likeness (QED) is 0.175. The number of aromatic nitrogens is 3. The van der Waals surface area contributed by atoms with E-state index < -0.39 is 30.0 Å². The van der Waals surface area contributed by atoms with Crippen LogP contribution in [0.1, 0.15) is 49.8 Å². The van der Waals surface area contributed by atoms with Gasteiger partial charge in [0, 0.05) is 30.1 Å². The maximum atomic E-state index is 17.1. The Morgan fingerprint density at radius 3 is 2.75 bits per heavy atom. The average Bonchev–Trinajstić information content (AvgIpc) is 3.51. The van der Waals surface area contributed by atoms with E-state index in [0.29, 0.717) is 74.3 Å². The summed E-state index contributed by atoms with van der Waals surface area (Å²) in [6.45, 7) is 1.17. The van der Waals surface area contributed by atoms with Crippen LogP contribution in [0.25, 0.3) is 32.9 Å². The number of halogens is 5. The van der Waals surface area contributed by atoms with Gasteiger partial charge in [0.1, 0.15) is 41.8 Å². The van der Waals surface area contributed by atoms with Gasteiger partial charge in [0.2, 0.25) is 0 Å². The number of benzene rings is 2. The first kappa shape index (κ1) is 33.8. The molecule has 6 heterocycles. The summed E-state index contributed by atoms with van der Waals surface area (Å²) in [6.07, 6.45) is 6.14. The van der Waals surface area contributed by atoms with Crippen LogP contribution in [-0.4, -0.2) is 94.9 Å². The van der Waals surface area contributed by atoms with Gasteiger partial charge in [-0.1, -0.05) is 12.0 Å². The highest BCUT2D eigenvalue weighted by molar-refractivity contribution is 6.03. The Kier molecular flexibility index (Phi) is 8.63. The lowest BCUT2D eigenvalue weighted by molar-refractivity contribution is -0.177. The molecule has 4 aliphatic rings. The lowest BCUT2D eigenvalue weighted by atomic mass is 9.95. The minimum Gasteiger partial charge on any atom is -0.508 e. The summed E-state index contributed by atoms with van der Waals surface area (Å²) in [5.74, 6) is 1.23. The zero-order valence-electron chi connectivity index (χ0n) is 27.7. The molecule has 0 bridgehead atoms. The Labute approximate surface area is 290 Å². The van der Waals surface area contributed by atoms with Crippen molar-refractivity contribution >= 4 is 27.5 Å². The smallest absolute Gasteiger partial charge is 0.411 e. The van der Waals surface area contributed by atoms with Crippen molar-refractivity contribution in [1.82, 2.24) is 19.9 Å². The van der Waals surface area contributed by atoms with E-state index >= 15 is 4.39 Å². The third kappa shape index (κ3) is 6.08.